The predicted octanol–water partition coefficient (Wildman–Crippen LogP) is 2.32. The van der Waals surface area contributed by atoms with Crippen molar-refractivity contribution in [2.24, 2.45) is 0 Å². The van der Waals surface area contributed by atoms with Gasteiger partial charge in [0.1, 0.15) is 23.0 Å². The molecule has 0 fully saturated rings. The minimum atomic E-state index is -0.796. The molecule has 0 aromatic heterocycles. The largest absolute Gasteiger partial charge is 0.508 e. The number of phenols is 2. The first-order chi connectivity index (χ1) is 10.1. The van der Waals surface area contributed by atoms with E-state index < -0.39 is 12.0 Å². The molecule has 1 aliphatic rings. The van der Waals surface area contributed by atoms with Crippen LogP contribution in [0.2, 0.25) is 0 Å². The second-order valence-corrected chi connectivity index (χ2v) is 5.01. The Balaban J connectivity index is 1.96. The van der Waals surface area contributed by atoms with Crippen molar-refractivity contribution in [2.45, 2.75) is 12.0 Å². The lowest BCUT2D eigenvalue weighted by molar-refractivity contribution is 0.0875. The number of methoxy groups -OCH3 is 1. The van der Waals surface area contributed by atoms with Gasteiger partial charge in [0.25, 0.3) is 0 Å². The summed E-state index contributed by atoms with van der Waals surface area (Å²) in [5.41, 5.74) is 1.20. The maximum Gasteiger partial charge on any atom is 0.128 e. The van der Waals surface area contributed by atoms with E-state index in [1.807, 2.05) is 0 Å². The second kappa shape index (κ2) is 5.18. The highest BCUT2D eigenvalue weighted by Gasteiger charge is 2.32. The molecule has 1 aliphatic heterocycles. The topological polar surface area (TPSA) is 79.2 Å². The molecule has 2 aromatic carbocycles. The minimum absolute atomic E-state index is 0.0207. The summed E-state index contributed by atoms with van der Waals surface area (Å²) in [6.07, 6.45) is -0.796. The van der Waals surface area contributed by atoms with Crippen molar-refractivity contribution in [3.63, 3.8) is 0 Å². The molecular formula is C16H16O5. The van der Waals surface area contributed by atoms with Crippen LogP contribution in [-0.4, -0.2) is 29.0 Å². The molecule has 110 valence electrons. The van der Waals surface area contributed by atoms with E-state index in [9.17, 15) is 15.3 Å². The molecule has 0 radical (unpaired) electrons. The molecule has 1 heterocycles. The van der Waals surface area contributed by atoms with E-state index in [0.29, 0.717) is 22.6 Å². The van der Waals surface area contributed by atoms with Gasteiger partial charge in [-0.05, 0) is 18.2 Å². The van der Waals surface area contributed by atoms with Gasteiger partial charge in [-0.1, -0.05) is 6.07 Å². The van der Waals surface area contributed by atoms with E-state index in [-0.39, 0.29) is 18.1 Å². The van der Waals surface area contributed by atoms with Crippen LogP contribution in [0.5, 0.6) is 23.0 Å². The van der Waals surface area contributed by atoms with Gasteiger partial charge in [-0.15, -0.1) is 0 Å². The van der Waals surface area contributed by atoms with Gasteiger partial charge in [0.05, 0.1) is 25.7 Å². The van der Waals surface area contributed by atoms with E-state index in [2.05, 4.69) is 0 Å². The molecule has 0 bridgehead atoms. The first kappa shape index (κ1) is 13.6. The third-order valence-electron chi connectivity index (χ3n) is 3.75. The Morgan fingerprint density at radius 2 is 1.86 bits per heavy atom. The molecule has 2 aromatic rings. The Bertz CT molecular complexity index is 668. The number of ether oxygens (including phenoxy) is 2. The van der Waals surface area contributed by atoms with Crippen molar-refractivity contribution >= 4 is 0 Å². The fourth-order valence-electron chi connectivity index (χ4n) is 2.60. The molecule has 5 heteroatoms. The van der Waals surface area contributed by atoms with Crippen molar-refractivity contribution < 1.29 is 24.8 Å². The molecule has 0 saturated carbocycles. The molecule has 0 amide bonds. The normalized spacial score (nSPS) is 20.5. The van der Waals surface area contributed by atoms with Crippen LogP contribution >= 0.6 is 0 Å². The van der Waals surface area contributed by atoms with Crippen LogP contribution in [-0.2, 0) is 0 Å². The average Bonchev–Trinajstić information content (AvgIpc) is 2.48. The zero-order valence-corrected chi connectivity index (χ0v) is 11.5. The molecule has 21 heavy (non-hydrogen) atoms. The summed E-state index contributed by atoms with van der Waals surface area (Å²) < 4.78 is 10.8. The summed E-state index contributed by atoms with van der Waals surface area (Å²) >= 11 is 0. The van der Waals surface area contributed by atoms with Gasteiger partial charge in [-0.25, -0.2) is 0 Å². The summed E-state index contributed by atoms with van der Waals surface area (Å²) in [6.45, 7) is 0.236. The van der Waals surface area contributed by atoms with Crippen molar-refractivity contribution in [1.82, 2.24) is 0 Å². The molecular weight excluding hydrogens is 272 g/mol. The molecule has 0 aliphatic carbocycles. The van der Waals surface area contributed by atoms with E-state index in [0.717, 1.165) is 0 Å². The van der Waals surface area contributed by atoms with Crippen molar-refractivity contribution in [3.8, 4) is 23.0 Å². The van der Waals surface area contributed by atoms with Gasteiger partial charge in [-0.3, -0.25) is 0 Å². The van der Waals surface area contributed by atoms with Gasteiger partial charge in [0, 0.05) is 23.3 Å². The monoisotopic (exact) mass is 288 g/mol. The van der Waals surface area contributed by atoms with Gasteiger partial charge >= 0.3 is 0 Å². The lowest BCUT2D eigenvalue weighted by Gasteiger charge is -2.31. The molecule has 0 spiro atoms. The van der Waals surface area contributed by atoms with Crippen LogP contribution in [0.4, 0.5) is 0 Å². The Kier molecular flexibility index (Phi) is 3.35. The summed E-state index contributed by atoms with van der Waals surface area (Å²) in [5.74, 6) is 0.766. The number of phenolic OH excluding ortho intramolecular Hbond substituents is 2. The van der Waals surface area contributed by atoms with Crippen LogP contribution < -0.4 is 9.47 Å². The fourth-order valence-corrected chi connectivity index (χ4v) is 2.60. The van der Waals surface area contributed by atoms with Gasteiger partial charge < -0.3 is 24.8 Å². The quantitative estimate of drug-likeness (QED) is 0.790. The molecule has 3 N–H and O–H groups in total. The zero-order chi connectivity index (χ0) is 15.0. The third-order valence-corrected chi connectivity index (χ3v) is 3.75. The molecule has 5 nitrogen and oxygen atoms in total. The van der Waals surface area contributed by atoms with Gasteiger partial charge in [0.2, 0.25) is 0 Å². The number of fused-ring (bicyclic) bond motifs is 1. The van der Waals surface area contributed by atoms with E-state index in [1.165, 1.54) is 12.1 Å². The Hall–Kier alpha value is -2.40. The van der Waals surface area contributed by atoms with E-state index in [1.54, 1.807) is 31.4 Å². The first-order valence-electron chi connectivity index (χ1n) is 6.61. The fraction of sp³-hybridized carbons (Fsp3) is 0.250. The standard InChI is InChI=1S/C16H16O5/c1-20-10-3-5-12-15(7-10)21-8-13(16(12)19)11-4-2-9(17)6-14(11)18/h2-7,13,16-19H,8H2,1H3/t13-,16+/m1/s1. The number of aromatic hydroxyl groups is 2. The first-order valence-corrected chi connectivity index (χ1v) is 6.61. The molecule has 2 atom stereocenters. The van der Waals surface area contributed by atoms with Crippen molar-refractivity contribution in [2.75, 3.05) is 13.7 Å². The number of rotatable bonds is 2. The minimum Gasteiger partial charge on any atom is -0.508 e. The maximum atomic E-state index is 10.5. The third kappa shape index (κ3) is 2.36. The average molecular weight is 288 g/mol. The maximum absolute atomic E-state index is 10.5. The Morgan fingerprint density at radius 3 is 2.57 bits per heavy atom. The van der Waals surface area contributed by atoms with E-state index in [4.69, 9.17) is 9.47 Å². The molecule has 3 rings (SSSR count). The summed E-state index contributed by atoms with van der Waals surface area (Å²) in [7, 11) is 1.57. The van der Waals surface area contributed by atoms with Crippen LogP contribution in [0.15, 0.2) is 36.4 Å². The zero-order valence-electron chi connectivity index (χ0n) is 11.5. The van der Waals surface area contributed by atoms with Crippen LogP contribution in [0, 0.1) is 0 Å². The molecule has 0 unspecified atom stereocenters. The lowest BCUT2D eigenvalue weighted by Crippen LogP contribution is -2.24. The van der Waals surface area contributed by atoms with Gasteiger partial charge in [-0.2, -0.15) is 0 Å². The Morgan fingerprint density at radius 1 is 1.10 bits per heavy atom. The summed E-state index contributed by atoms with van der Waals surface area (Å²) in [5, 5.41) is 29.8. The van der Waals surface area contributed by atoms with Crippen molar-refractivity contribution in [1.29, 1.82) is 0 Å². The lowest BCUT2D eigenvalue weighted by atomic mass is 9.87. The highest BCUT2D eigenvalue weighted by atomic mass is 16.5. The number of aliphatic hydroxyl groups is 1. The molecule has 0 saturated heterocycles. The predicted molar refractivity (Wildman–Crippen MR) is 76.0 cm³/mol. The number of hydrogen-bond acceptors (Lipinski definition) is 5. The van der Waals surface area contributed by atoms with Crippen LogP contribution in [0.1, 0.15) is 23.1 Å². The summed E-state index contributed by atoms with van der Waals surface area (Å²) in [4.78, 5) is 0. The second-order valence-electron chi connectivity index (χ2n) is 5.01. The van der Waals surface area contributed by atoms with Crippen LogP contribution in [0.25, 0.3) is 0 Å². The van der Waals surface area contributed by atoms with E-state index >= 15 is 0 Å². The number of benzene rings is 2. The van der Waals surface area contributed by atoms with Crippen molar-refractivity contribution in [3.05, 3.63) is 47.5 Å². The number of hydrogen-bond donors (Lipinski definition) is 3. The van der Waals surface area contributed by atoms with Gasteiger partial charge in [0.15, 0.2) is 0 Å². The van der Waals surface area contributed by atoms with Crippen LogP contribution in [0.3, 0.4) is 0 Å². The smallest absolute Gasteiger partial charge is 0.128 e. The highest BCUT2D eigenvalue weighted by molar-refractivity contribution is 5.48. The SMILES string of the molecule is COc1ccc2c(c1)OC[C@H](c1ccc(O)cc1O)[C@H]2O. The highest BCUT2D eigenvalue weighted by Crippen LogP contribution is 2.44. The number of aliphatic hydroxyl groups excluding tert-OH is 1. The summed E-state index contributed by atoms with van der Waals surface area (Å²) in [6, 6.07) is 9.56. The Labute approximate surface area is 122 Å².